The Morgan fingerprint density at radius 1 is 1.37 bits per heavy atom. The average Bonchev–Trinajstić information content (AvgIpc) is 2.91. The summed E-state index contributed by atoms with van der Waals surface area (Å²) < 4.78 is 35.2. The zero-order chi connectivity index (χ0) is 19.8. The normalized spacial score (nSPS) is 30.2. The van der Waals surface area contributed by atoms with Crippen molar-refractivity contribution in [2.24, 2.45) is 0 Å². The van der Waals surface area contributed by atoms with Crippen LogP contribution in [-0.2, 0) is 19.3 Å². The first kappa shape index (κ1) is 19.9. The lowest BCUT2D eigenvalue weighted by molar-refractivity contribution is -0.0543. The molecule has 13 heteroatoms. The lowest BCUT2D eigenvalue weighted by Crippen LogP contribution is -2.47. The molecule has 0 aromatic carbocycles. The predicted molar refractivity (Wildman–Crippen MR) is 96.0 cm³/mol. The first-order valence-corrected chi connectivity index (χ1v) is 10.4. The molecule has 2 aliphatic heterocycles. The van der Waals surface area contributed by atoms with E-state index in [9.17, 15) is 28.2 Å². The van der Waals surface area contributed by atoms with E-state index in [1.165, 1.54) is 6.20 Å². The van der Waals surface area contributed by atoms with E-state index in [2.05, 4.69) is 4.98 Å². The molecule has 0 saturated carbocycles. The van der Waals surface area contributed by atoms with Crippen LogP contribution in [0.1, 0.15) is 6.23 Å². The Hall–Kier alpha value is -1.80. The van der Waals surface area contributed by atoms with Crippen molar-refractivity contribution in [3.63, 3.8) is 0 Å². The van der Waals surface area contributed by atoms with Crippen LogP contribution in [0.4, 0.5) is 0 Å². The van der Waals surface area contributed by atoms with Crippen LogP contribution >= 0.6 is 12.2 Å². The van der Waals surface area contributed by atoms with E-state index in [4.69, 9.17) is 21.7 Å². The third-order valence-corrected chi connectivity index (χ3v) is 6.42. The van der Waals surface area contributed by atoms with Crippen molar-refractivity contribution in [2.45, 2.75) is 24.5 Å². The van der Waals surface area contributed by atoms with Crippen LogP contribution in [-0.4, -0.2) is 87.8 Å². The van der Waals surface area contributed by atoms with Crippen LogP contribution in [0.2, 0.25) is 0 Å². The zero-order valence-corrected chi connectivity index (χ0v) is 15.7. The molecule has 3 rings (SSSR count). The van der Waals surface area contributed by atoms with Gasteiger partial charge in [-0.2, -0.15) is 0 Å². The molecule has 0 bridgehead atoms. The second kappa shape index (κ2) is 7.67. The standard InChI is InChI=1S/C14H19N3O8S2/c18-7-8-10(20)11(12(24-8)17-2-1-9(19)15-13(17)21)25-14(26)16-3-5-27(22,23)6-4-16/h1-2,8,10-12,18,20H,3-7H2,(H,15,19,21)/t8-,10-,11-,12-/m1/s1. The number of aliphatic hydroxyl groups is 2. The molecule has 3 heterocycles. The fourth-order valence-electron chi connectivity index (χ4n) is 2.93. The highest BCUT2D eigenvalue weighted by molar-refractivity contribution is 7.91. The Kier molecular flexibility index (Phi) is 5.67. The summed E-state index contributed by atoms with van der Waals surface area (Å²) in [6.07, 6.45) is -3.43. The summed E-state index contributed by atoms with van der Waals surface area (Å²) in [5.41, 5.74) is -1.38. The molecule has 0 aliphatic carbocycles. The third kappa shape index (κ3) is 4.21. The van der Waals surface area contributed by atoms with Crippen LogP contribution in [0, 0.1) is 0 Å². The van der Waals surface area contributed by atoms with E-state index < -0.39 is 52.2 Å². The van der Waals surface area contributed by atoms with Gasteiger partial charge in [-0.3, -0.25) is 14.3 Å². The first-order valence-electron chi connectivity index (χ1n) is 8.14. The van der Waals surface area contributed by atoms with E-state index in [1.807, 2.05) is 0 Å². The number of nitrogens with zero attached hydrogens (tertiary/aromatic N) is 2. The summed E-state index contributed by atoms with van der Waals surface area (Å²) in [5, 5.41) is 19.7. The van der Waals surface area contributed by atoms with Crippen LogP contribution in [0.25, 0.3) is 0 Å². The summed E-state index contributed by atoms with van der Waals surface area (Å²) in [6.45, 7) is -0.223. The Morgan fingerprint density at radius 2 is 2.04 bits per heavy atom. The SMILES string of the molecule is O=c1ccn([C@@H]2O[C@H](CO)[C@@H](O)[C@H]2OC(=S)N2CCS(=O)(=O)CC2)c(=O)[nH]1. The average molecular weight is 421 g/mol. The quantitative estimate of drug-likeness (QED) is 0.436. The van der Waals surface area contributed by atoms with Gasteiger partial charge in [0.2, 0.25) is 0 Å². The van der Waals surface area contributed by atoms with Crippen LogP contribution < -0.4 is 11.2 Å². The minimum Gasteiger partial charge on any atom is -0.460 e. The van der Waals surface area contributed by atoms with E-state index in [1.54, 1.807) is 4.90 Å². The molecule has 27 heavy (non-hydrogen) atoms. The Labute approximate surface area is 159 Å². The number of aliphatic hydroxyl groups excluding tert-OH is 2. The van der Waals surface area contributed by atoms with Crippen molar-refractivity contribution in [1.29, 1.82) is 0 Å². The van der Waals surface area contributed by atoms with Gasteiger partial charge in [0.25, 0.3) is 10.7 Å². The summed E-state index contributed by atoms with van der Waals surface area (Å²) in [6, 6.07) is 1.11. The molecule has 0 spiro atoms. The summed E-state index contributed by atoms with van der Waals surface area (Å²) in [4.78, 5) is 26.9. The molecule has 3 N–H and O–H groups in total. The van der Waals surface area contributed by atoms with Crippen LogP contribution in [0.15, 0.2) is 21.9 Å². The van der Waals surface area contributed by atoms with Crippen LogP contribution in [0.3, 0.4) is 0 Å². The molecule has 0 unspecified atom stereocenters. The molecule has 2 aliphatic rings. The maximum atomic E-state index is 12.1. The number of sulfone groups is 1. The minimum absolute atomic E-state index is 0.0430. The highest BCUT2D eigenvalue weighted by Gasteiger charge is 2.47. The molecule has 0 amide bonds. The van der Waals surface area contributed by atoms with E-state index in [0.29, 0.717) is 0 Å². The lowest BCUT2D eigenvalue weighted by Gasteiger charge is -2.31. The zero-order valence-electron chi connectivity index (χ0n) is 14.1. The Morgan fingerprint density at radius 3 is 2.63 bits per heavy atom. The third-order valence-electron chi connectivity index (χ3n) is 4.46. The maximum Gasteiger partial charge on any atom is 0.330 e. The van der Waals surface area contributed by atoms with Gasteiger partial charge in [0, 0.05) is 25.4 Å². The van der Waals surface area contributed by atoms with E-state index >= 15 is 0 Å². The molecular formula is C14H19N3O8S2. The van der Waals surface area contributed by atoms with Crippen molar-refractivity contribution in [3.05, 3.63) is 33.1 Å². The topological polar surface area (TPSA) is 151 Å². The molecular weight excluding hydrogens is 402 g/mol. The maximum absolute atomic E-state index is 12.1. The monoisotopic (exact) mass is 421 g/mol. The van der Waals surface area contributed by atoms with Crippen molar-refractivity contribution in [2.75, 3.05) is 31.2 Å². The van der Waals surface area contributed by atoms with Crippen molar-refractivity contribution >= 4 is 27.2 Å². The first-order chi connectivity index (χ1) is 12.7. The number of nitrogens with one attached hydrogen (secondary N) is 1. The number of aromatic amines is 1. The molecule has 1 aromatic heterocycles. The molecule has 0 radical (unpaired) electrons. The van der Waals surface area contributed by atoms with Gasteiger partial charge >= 0.3 is 5.69 Å². The second-order valence-corrected chi connectivity index (χ2v) is 8.90. The Bertz CT molecular complexity index is 913. The van der Waals surface area contributed by atoms with Crippen molar-refractivity contribution in [3.8, 4) is 0 Å². The molecule has 2 fully saturated rings. The van der Waals surface area contributed by atoms with Gasteiger partial charge in [-0.15, -0.1) is 0 Å². The van der Waals surface area contributed by atoms with Gasteiger partial charge in [0.1, 0.15) is 12.2 Å². The smallest absolute Gasteiger partial charge is 0.330 e. The molecule has 2 saturated heterocycles. The van der Waals surface area contributed by atoms with Gasteiger partial charge < -0.3 is 24.6 Å². The number of ether oxygens (including phenoxy) is 2. The predicted octanol–water partition coefficient (Wildman–Crippen LogP) is -2.81. The Balaban J connectivity index is 1.81. The number of H-pyrrole nitrogens is 1. The highest BCUT2D eigenvalue weighted by atomic mass is 32.2. The van der Waals surface area contributed by atoms with E-state index in [0.717, 1.165) is 10.6 Å². The lowest BCUT2D eigenvalue weighted by atomic mass is 10.1. The fraction of sp³-hybridized carbons (Fsp3) is 0.643. The molecule has 4 atom stereocenters. The molecule has 11 nitrogen and oxygen atoms in total. The molecule has 1 aromatic rings. The van der Waals surface area contributed by atoms with Gasteiger partial charge in [-0.1, -0.05) is 0 Å². The number of hydrogen-bond acceptors (Lipinski definition) is 9. The van der Waals surface area contributed by atoms with E-state index in [-0.39, 0.29) is 29.8 Å². The summed E-state index contributed by atoms with van der Waals surface area (Å²) in [5.74, 6) is -0.134. The minimum atomic E-state index is -3.11. The van der Waals surface area contributed by atoms with Gasteiger partial charge in [-0.25, -0.2) is 13.2 Å². The number of rotatable bonds is 3. The summed E-state index contributed by atoms with van der Waals surface area (Å²) in [7, 11) is -3.11. The largest absolute Gasteiger partial charge is 0.460 e. The highest BCUT2D eigenvalue weighted by Crippen LogP contribution is 2.31. The van der Waals surface area contributed by atoms with Gasteiger partial charge in [0.15, 0.2) is 22.2 Å². The molecule has 150 valence electrons. The van der Waals surface area contributed by atoms with Gasteiger partial charge in [-0.05, 0) is 12.2 Å². The number of thiocarbonyl (C=S) groups is 1. The number of aromatic nitrogens is 2. The van der Waals surface area contributed by atoms with Crippen molar-refractivity contribution in [1.82, 2.24) is 14.5 Å². The van der Waals surface area contributed by atoms with Crippen molar-refractivity contribution < 1.29 is 28.1 Å². The fourth-order valence-corrected chi connectivity index (χ4v) is 4.43. The van der Waals surface area contributed by atoms with Crippen LogP contribution in [0.5, 0.6) is 0 Å². The van der Waals surface area contributed by atoms with Gasteiger partial charge in [0.05, 0.1) is 18.1 Å². The number of hydrogen-bond donors (Lipinski definition) is 3. The second-order valence-electron chi connectivity index (χ2n) is 6.24. The summed E-state index contributed by atoms with van der Waals surface area (Å²) >= 11 is 5.20.